The lowest BCUT2D eigenvalue weighted by Crippen LogP contribution is -2.41. The van der Waals surface area contributed by atoms with Gasteiger partial charge in [0.2, 0.25) is 10.0 Å². The summed E-state index contributed by atoms with van der Waals surface area (Å²) in [7, 11) is -0.660. The summed E-state index contributed by atoms with van der Waals surface area (Å²) in [4.78, 5) is 11.6. The molecule has 0 saturated carbocycles. The molecule has 1 aromatic heterocycles. The minimum Gasteiger partial charge on any atom is -0.395 e. The molecule has 120 valence electrons. The summed E-state index contributed by atoms with van der Waals surface area (Å²) in [5.74, 6) is -0.357. The highest BCUT2D eigenvalue weighted by Gasteiger charge is 2.25. The number of aliphatic hydroxyl groups excluding tert-OH is 1. The summed E-state index contributed by atoms with van der Waals surface area (Å²) < 4.78 is 28.6. The van der Waals surface area contributed by atoms with Gasteiger partial charge >= 0.3 is 0 Å². The van der Waals surface area contributed by atoms with E-state index in [9.17, 15) is 18.3 Å². The highest BCUT2D eigenvalue weighted by Crippen LogP contribution is 2.17. The van der Waals surface area contributed by atoms with Gasteiger partial charge in [-0.15, -0.1) is 0 Å². The molecule has 0 radical (unpaired) electrons. The van der Waals surface area contributed by atoms with Gasteiger partial charge < -0.3 is 15.0 Å². The summed E-state index contributed by atoms with van der Waals surface area (Å²) >= 11 is 1.38. The van der Waals surface area contributed by atoms with E-state index in [0.29, 0.717) is 0 Å². The van der Waals surface area contributed by atoms with Gasteiger partial charge in [-0.1, -0.05) is 0 Å². The molecule has 3 N–H and O–H groups in total. The molecule has 0 saturated heterocycles. The lowest BCUT2D eigenvalue weighted by Gasteiger charge is -2.20. The second-order valence-electron chi connectivity index (χ2n) is 4.62. The maximum Gasteiger partial charge on any atom is 0.267 e. The number of sulfonamides is 1. The number of carbonyl (C=O) groups is 1. The second-order valence-corrected chi connectivity index (χ2v) is 7.41. The van der Waals surface area contributed by atoms with Gasteiger partial charge in [0.15, 0.2) is 0 Å². The summed E-state index contributed by atoms with van der Waals surface area (Å²) in [6.45, 7) is 1.57. The minimum absolute atomic E-state index is 0.0215. The van der Waals surface area contributed by atoms with Gasteiger partial charge in [-0.25, -0.2) is 13.1 Å². The average molecular weight is 335 g/mol. The zero-order valence-corrected chi connectivity index (χ0v) is 14.1. The van der Waals surface area contributed by atoms with Gasteiger partial charge in [0.05, 0.1) is 6.61 Å². The molecule has 2 unspecified atom stereocenters. The van der Waals surface area contributed by atoms with E-state index in [-0.39, 0.29) is 28.4 Å². The van der Waals surface area contributed by atoms with Crippen molar-refractivity contribution >= 4 is 27.7 Å². The van der Waals surface area contributed by atoms with Crippen LogP contribution in [0.25, 0.3) is 0 Å². The number of nitrogens with one attached hydrogen (secondary N) is 2. The van der Waals surface area contributed by atoms with Gasteiger partial charge in [-0.05, 0) is 19.2 Å². The van der Waals surface area contributed by atoms with E-state index in [4.69, 9.17) is 0 Å². The van der Waals surface area contributed by atoms with E-state index in [2.05, 4.69) is 10.0 Å². The van der Waals surface area contributed by atoms with Crippen LogP contribution >= 0.6 is 11.8 Å². The molecule has 1 aromatic rings. The average Bonchev–Trinajstić information content (AvgIpc) is 2.81. The first-order chi connectivity index (χ1) is 9.76. The molecule has 7 nitrogen and oxygen atoms in total. The summed E-state index contributed by atoms with van der Waals surface area (Å²) in [5, 5.41) is 11.4. The largest absolute Gasteiger partial charge is 0.395 e. The number of carbonyl (C=O) groups excluding carboxylic acids is 1. The van der Waals surface area contributed by atoms with Crippen LogP contribution in [0.1, 0.15) is 17.4 Å². The SMILES string of the molecule is CNC(=O)c1cc(S(=O)(=O)NC(C)C(CO)SC)cn1C. The number of amides is 1. The molecule has 1 rings (SSSR count). The molecule has 0 bridgehead atoms. The van der Waals surface area contributed by atoms with Crippen LogP contribution in [0.5, 0.6) is 0 Å². The first-order valence-corrected chi connectivity index (χ1v) is 9.08. The Morgan fingerprint density at radius 1 is 1.52 bits per heavy atom. The number of thioether (sulfide) groups is 1. The molecule has 1 amide bonds. The van der Waals surface area contributed by atoms with E-state index in [1.807, 2.05) is 0 Å². The second kappa shape index (κ2) is 7.30. The number of aliphatic hydroxyl groups is 1. The Kier molecular flexibility index (Phi) is 6.26. The van der Waals surface area contributed by atoms with Crippen molar-refractivity contribution in [2.24, 2.45) is 7.05 Å². The Hall–Kier alpha value is -1.03. The Balaban J connectivity index is 3.01. The molecule has 0 aromatic carbocycles. The number of rotatable bonds is 7. The standard InChI is InChI=1S/C12H21N3O4S2/c1-8(11(7-16)20-4)14-21(18,19)9-5-10(12(17)13-2)15(3)6-9/h5-6,8,11,14,16H,7H2,1-4H3,(H,13,17). The fourth-order valence-corrected chi connectivity index (χ4v) is 3.93. The van der Waals surface area contributed by atoms with Gasteiger partial charge in [0, 0.05) is 31.6 Å². The molecular weight excluding hydrogens is 314 g/mol. The first-order valence-electron chi connectivity index (χ1n) is 6.31. The zero-order chi connectivity index (χ0) is 16.2. The van der Waals surface area contributed by atoms with Crippen molar-refractivity contribution in [2.75, 3.05) is 19.9 Å². The summed E-state index contributed by atoms with van der Waals surface area (Å²) in [6.07, 6.45) is 3.19. The Morgan fingerprint density at radius 2 is 2.14 bits per heavy atom. The Labute approximate surface area is 129 Å². The van der Waals surface area contributed by atoms with Crippen molar-refractivity contribution in [1.82, 2.24) is 14.6 Å². The number of aromatic nitrogens is 1. The van der Waals surface area contributed by atoms with E-state index >= 15 is 0 Å². The van der Waals surface area contributed by atoms with Crippen LogP contribution in [-0.2, 0) is 17.1 Å². The molecule has 0 aliphatic carbocycles. The van der Waals surface area contributed by atoms with Crippen molar-refractivity contribution in [2.45, 2.75) is 23.1 Å². The van der Waals surface area contributed by atoms with Crippen molar-refractivity contribution in [1.29, 1.82) is 0 Å². The smallest absolute Gasteiger partial charge is 0.267 e. The first kappa shape index (κ1) is 18.0. The normalized spacial score (nSPS) is 14.7. The molecule has 0 spiro atoms. The van der Waals surface area contributed by atoms with Gasteiger partial charge in [-0.3, -0.25) is 4.79 Å². The van der Waals surface area contributed by atoms with Gasteiger partial charge in [-0.2, -0.15) is 11.8 Å². The predicted octanol–water partition coefficient (Wildman–Crippen LogP) is -0.225. The highest BCUT2D eigenvalue weighted by atomic mass is 32.2. The molecule has 2 atom stereocenters. The predicted molar refractivity (Wildman–Crippen MR) is 83.0 cm³/mol. The molecule has 0 fully saturated rings. The minimum atomic E-state index is -3.74. The Bertz CT molecular complexity index is 594. The van der Waals surface area contributed by atoms with Crippen molar-refractivity contribution in [3.05, 3.63) is 18.0 Å². The molecular formula is C12H21N3O4S2. The fourth-order valence-electron chi connectivity index (χ4n) is 1.86. The topological polar surface area (TPSA) is 100 Å². The number of aryl methyl sites for hydroxylation is 1. The number of hydrogen-bond donors (Lipinski definition) is 3. The highest BCUT2D eigenvalue weighted by molar-refractivity contribution is 7.99. The quantitative estimate of drug-likeness (QED) is 0.639. The van der Waals surface area contributed by atoms with Crippen molar-refractivity contribution < 1.29 is 18.3 Å². The maximum absolute atomic E-state index is 12.3. The van der Waals surface area contributed by atoms with Gasteiger partial charge in [0.25, 0.3) is 5.91 Å². The number of hydrogen-bond acceptors (Lipinski definition) is 5. The maximum atomic E-state index is 12.3. The van der Waals surface area contributed by atoms with E-state index in [1.54, 1.807) is 20.2 Å². The lowest BCUT2D eigenvalue weighted by molar-refractivity contribution is 0.0955. The van der Waals surface area contributed by atoms with Crippen LogP contribution < -0.4 is 10.0 Å². The number of nitrogens with zero attached hydrogens (tertiary/aromatic N) is 1. The zero-order valence-electron chi connectivity index (χ0n) is 12.5. The Morgan fingerprint density at radius 3 is 2.62 bits per heavy atom. The van der Waals surface area contributed by atoms with Crippen LogP contribution in [0, 0.1) is 0 Å². The van der Waals surface area contributed by atoms with E-state index in [0.717, 1.165) is 0 Å². The lowest BCUT2D eigenvalue weighted by atomic mass is 10.3. The van der Waals surface area contributed by atoms with Gasteiger partial charge in [0.1, 0.15) is 10.6 Å². The molecule has 0 aliphatic rings. The van der Waals surface area contributed by atoms with Crippen LogP contribution in [0.4, 0.5) is 0 Å². The summed E-state index contributed by atoms with van der Waals surface area (Å²) in [6, 6.07) is 0.889. The third-order valence-electron chi connectivity index (χ3n) is 3.13. The summed E-state index contributed by atoms with van der Waals surface area (Å²) in [5.41, 5.74) is 0.258. The van der Waals surface area contributed by atoms with Crippen LogP contribution in [0.2, 0.25) is 0 Å². The monoisotopic (exact) mass is 335 g/mol. The van der Waals surface area contributed by atoms with Crippen molar-refractivity contribution in [3.63, 3.8) is 0 Å². The molecule has 0 aliphatic heterocycles. The molecule has 9 heteroatoms. The molecule has 1 heterocycles. The van der Waals surface area contributed by atoms with Crippen LogP contribution in [0.3, 0.4) is 0 Å². The van der Waals surface area contributed by atoms with E-state index < -0.39 is 16.1 Å². The third-order valence-corrected chi connectivity index (χ3v) is 5.82. The fraction of sp³-hybridized carbons (Fsp3) is 0.583. The van der Waals surface area contributed by atoms with Crippen molar-refractivity contribution in [3.8, 4) is 0 Å². The van der Waals surface area contributed by atoms with E-state index in [1.165, 1.54) is 35.6 Å². The van der Waals surface area contributed by atoms with Crippen LogP contribution in [-0.4, -0.2) is 55.2 Å². The molecule has 21 heavy (non-hydrogen) atoms. The van der Waals surface area contributed by atoms with Crippen LogP contribution in [0.15, 0.2) is 17.2 Å². The third kappa shape index (κ3) is 4.22.